The molecule has 1 heteroatoms. The van der Waals surface area contributed by atoms with E-state index in [1.165, 1.54) is 0 Å². The summed E-state index contributed by atoms with van der Waals surface area (Å²) in [6.07, 6.45) is 0.750. The maximum Gasteiger partial charge on any atom is 4.00 e. The molecule has 0 aliphatic carbocycles. The molecule has 0 aromatic rings. The van der Waals surface area contributed by atoms with Gasteiger partial charge in [0.2, 0.25) is 0 Å². The van der Waals surface area contributed by atoms with E-state index in [2.05, 4.69) is 13.8 Å². The zero-order chi connectivity index (χ0) is 2.71. The van der Waals surface area contributed by atoms with Crippen LogP contribution in [0.4, 0.5) is 0 Å². The molecule has 0 saturated heterocycles. The maximum absolute atomic E-state index is 3.38. The molecule has 0 aliphatic rings. The molecule has 0 radical (unpaired) electrons. The van der Waals surface area contributed by atoms with Crippen LogP contribution < -0.4 is 0 Å². The van der Waals surface area contributed by atoms with Crippen LogP contribution >= 0.6 is 0 Å². The molecule has 36 valence electrons. The summed E-state index contributed by atoms with van der Waals surface area (Å²) in [6.45, 7) is 6.75. The molecule has 0 bridgehead atoms. The molecule has 0 spiro atoms. The third-order valence-electron chi connectivity index (χ3n) is 0. The second kappa shape index (κ2) is 39.8. The first-order valence-corrected chi connectivity index (χ1v) is 1.000. The summed E-state index contributed by atoms with van der Waals surface area (Å²) in [6, 6.07) is 0. The van der Waals surface area contributed by atoms with E-state index in [0.717, 1.165) is 6.42 Å². The summed E-state index contributed by atoms with van der Waals surface area (Å²) in [7, 11) is 0. The molecule has 0 aliphatic heterocycles. The van der Waals surface area contributed by atoms with Crippen molar-refractivity contribution >= 4 is 0 Å². The fourth-order valence-electron chi connectivity index (χ4n) is 0. The Morgan fingerprint density at radius 3 is 1.00 bits per heavy atom. The molecule has 0 amide bonds. The van der Waals surface area contributed by atoms with Crippen molar-refractivity contribution in [1.29, 1.82) is 0 Å². The van der Waals surface area contributed by atoms with Crippen molar-refractivity contribution in [3.05, 3.63) is 28.7 Å². The molecule has 6 heavy (non-hydrogen) atoms. The zero-order valence-corrected chi connectivity index (χ0v) is 8.21. The van der Waals surface area contributed by atoms with Gasteiger partial charge in [-0.2, -0.15) is 0 Å². The van der Waals surface area contributed by atoms with E-state index >= 15 is 0 Å². The Bertz CT molecular complexity index is 3.90. The molecule has 0 heterocycles. The van der Waals surface area contributed by atoms with E-state index < -0.39 is 0 Å². The number of hydrogen-bond donors (Lipinski definition) is 0. The van der Waals surface area contributed by atoms with Gasteiger partial charge in [0.25, 0.3) is 0 Å². The van der Waals surface area contributed by atoms with Gasteiger partial charge < -0.3 is 35.1 Å². The number of hydrogen-bond acceptors (Lipinski definition) is 0. The fraction of sp³-hybridized carbons (Fsp3) is 0.200. The maximum atomic E-state index is 3.38. The average Bonchev–Trinajstić information content (AvgIpc) is 0.918. The molecule has 0 atom stereocenters. The van der Waals surface area contributed by atoms with E-state index in [4.69, 9.17) is 0 Å². The quantitative estimate of drug-likeness (QED) is 0.455. The smallest absolute Gasteiger partial charge is 0.372 e. The Morgan fingerprint density at radius 2 is 1.00 bits per heavy atom. The third-order valence-corrected chi connectivity index (χ3v) is 0. The topological polar surface area (TPSA) is 0 Å². The molecule has 0 aromatic carbocycles. The van der Waals surface area contributed by atoms with E-state index in [1.807, 2.05) is 0 Å². The molecular weight excluding hydrogens is 239 g/mol. The van der Waals surface area contributed by atoms with Crippen molar-refractivity contribution in [3.8, 4) is 0 Å². The molecule has 0 nitrogen and oxygen atoms in total. The van der Waals surface area contributed by atoms with Gasteiger partial charge in [-0.15, -0.1) is 0 Å². The Balaban J connectivity index is -0.00000000667. The minimum atomic E-state index is 0. The SMILES string of the molecule is [CH2-]C[CH2-].[CH3-].[CH3-].[Hf+4]. The first kappa shape index (κ1) is 28.7. The van der Waals surface area contributed by atoms with E-state index in [-0.39, 0.29) is 40.7 Å². The van der Waals surface area contributed by atoms with E-state index in [1.54, 1.807) is 0 Å². The van der Waals surface area contributed by atoms with Crippen LogP contribution in [0.3, 0.4) is 0 Å². The molecule has 0 saturated carbocycles. The summed E-state index contributed by atoms with van der Waals surface area (Å²) in [5, 5.41) is 0. The van der Waals surface area contributed by atoms with Crippen molar-refractivity contribution in [3.63, 3.8) is 0 Å². The van der Waals surface area contributed by atoms with Gasteiger partial charge in [0.1, 0.15) is 0 Å². The zero-order valence-electron chi connectivity index (χ0n) is 4.62. The van der Waals surface area contributed by atoms with Crippen molar-refractivity contribution < 1.29 is 25.8 Å². The molecule has 0 fully saturated rings. The Hall–Kier alpha value is 0.870. The summed E-state index contributed by atoms with van der Waals surface area (Å²) in [5.74, 6) is 0. The van der Waals surface area contributed by atoms with Gasteiger partial charge in [0.05, 0.1) is 0 Å². The summed E-state index contributed by atoms with van der Waals surface area (Å²) in [5.41, 5.74) is 0. The van der Waals surface area contributed by atoms with Crippen molar-refractivity contribution in [1.82, 2.24) is 0 Å². The summed E-state index contributed by atoms with van der Waals surface area (Å²) in [4.78, 5) is 0. The molecule has 0 unspecified atom stereocenters. The summed E-state index contributed by atoms with van der Waals surface area (Å²) < 4.78 is 0. The van der Waals surface area contributed by atoms with Gasteiger partial charge in [-0.25, -0.2) is 0 Å². The van der Waals surface area contributed by atoms with Crippen molar-refractivity contribution in [2.75, 3.05) is 0 Å². The van der Waals surface area contributed by atoms with Crippen LogP contribution in [-0.2, 0) is 25.8 Å². The Kier molecular flexibility index (Phi) is 191. The predicted octanol–water partition coefficient (Wildman–Crippen LogP) is 1.94. The van der Waals surface area contributed by atoms with E-state index in [0.29, 0.717) is 0 Å². The fourth-order valence-corrected chi connectivity index (χ4v) is 0. The van der Waals surface area contributed by atoms with Gasteiger partial charge in [-0.1, -0.05) is 0 Å². The van der Waals surface area contributed by atoms with Crippen molar-refractivity contribution in [2.24, 2.45) is 0 Å². The van der Waals surface area contributed by atoms with Gasteiger partial charge in [0, 0.05) is 0 Å². The standard InChI is InChI=1S/C3H6.2CH3.Hf/c1-3-2;;;/h1-3H2;2*1H3;/q-2;2*-1;+4. The minimum absolute atomic E-state index is 0. The summed E-state index contributed by atoms with van der Waals surface area (Å²) >= 11 is 0. The molecule has 0 aromatic heterocycles. The average molecular weight is 251 g/mol. The normalized spacial score (nSPS) is 3.00. The number of rotatable bonds is 0. The first-order valence-electron chi connectivity index (χ1n) is 1.000. The Morgan fingerprint density at radius 1 is 1.00 bits per heavy atom. The largest absolute Gasteiger partial charge is 4.00 e. The second-order valence-electron chi connectivity index (χ2n) is 0.354. The molecule has 0 rings (SSSR count). The monoisotopic (exact) mass is 252 g/mol. The van der Waals surface area contributed by atoms with Crippen LogP contribution in [0.2, 0.25) is 0 Å². The Labute approximate surface area is 61.1 Å². The molecule has 0 N–H and O–H groups in total. The van der Waals surface area contributed by atoms with Gasteiger partial charge in [0.15, 0.2) is 0 Å². The predicted molar refractivity (Wildman–Crippen MR) is 28.2 cm³/mol. The third kappa shape index (κ3) is 96.3. The second-order valence-corrected chi connectivity index (χ2v) is 0.354. The van der Waals surface area contributed by atoms with Crippen LogP contribution in [0.25, 0.3) is 0 Å². The van der Waals surface area contributed by atoms with Crippen LogP contribution in [0, 0.1) is 28.7 Å². The molecular formula is C5H12Hf. The van der Waals surface area contributed by atoms with E-state index in [9.17, 15) is 0 Å². The van der Waals surface area contributed by atoms with Crippen LogP contribution in [0.1, 0.15) is 6.42 Å². The van der Waals surface area contributed by atoms with Crippen molar-refractivity contribution in [2.45, 2.75) is 6.42 Å². The van der Waals surface area contributed by atoms with Crippen LogP contribution in [0.15, 0.2) is 0 Å². The minimum Gasteiger partial charge on any atom is -0.372 e. The van der Waals surface area contributed by atoms with Crippen LogP contribution in [0.5, 0.6) is 0 Å². The van der Waals surface area contributed by atoms with Gasteiger partial charge in [-0.3, -0.25) is 0 Å². The van der Waals surface area contributed by atoms with Gasteiger partial charge in [-0.05, 0) is 0 Å². The van der Waals surface area contributed by atoms with Crippen LogP contribution in [-0.4, -0.2) is 0 Å². The van der Waals surface area contributed by atoms with Gasteiger partial charge >= 0.3 is 25.8 Å². The first-order chi connectivity index (χ1) is 1.41.